The molecule has 39 heavy (non-hydrogen) atoms. The van der Waals surface area contributed by atoms with Gasteiger partial charge in [0.05, 0.1) is 11.6 Å². The number of aromatic nitrogens is 5. The number of aryl methyl sites for hydroxylation is 2. The number of carbonyl (C=O) groups excluding carboxylic acids is 2. The second kappa shape index (κ2) is 9.52. The van der Waals surface area contributed by atoms with Gasteiger partial charge in [-0.1, -0.05) is 23.4 Å². The molecular formula is C26H21N7O6. The predicted octanol–water partition coefficient (Wildman–Crippen LogP) is 1.61. The molecule has 5 aromatic rings. The number of H-pyrrole nitrogens is 1. The summed E-state index contributed by atoms with van der Waals surface area (Å²) in [5, 5.41) is 9.45. The van der Waals surface area contributed by atoms with E-state index in [4.69, 9.17) is 4.42 Å². The lowest BCUT2D eigenvalue weighted by atomic mass is 10.0. The van der Waals surface area contributed by atoms with Crippen LogP contribution in [0.15, 0.2) is 67.3 Å². The second-order valence-corrected chi connectivity index (χ2v) is 9.12. The van der Waals surface area contributed by atoms with Gasteiger partial charge in [-0.2, -0.15) is 0 Å². The van der Waals surface area contributed by atoms with Crippen molar-refractivity contribution >= 4 is 22.9 Å². The number of hydrogen-bond acceptors (Lipinski definition) is 9. The van der Waals surface area contributed by atoms with Crippen LogP contribution in [0.2, 0.25) is 0 Å². The van der Waals surface area contributed by atoms with Crippen LogP contribution in [0, 0.1) is 0 Å². The molecule has 0 spiro atoms. The van der Waals surface area contributed by atoms with Crippen LogP contribution in [0.25, 0.3) is 22.5 Å². The van der Waals surface area contributed by atoms with Crippen molar-refractivity contribution in [2.75, 3.05) is 0 Å². The monoisotopic (exact) mass is 527 g/mol. The highest BCUT2D eigenvalue weighted by atomic mass is 16.5. The van der Waals surface area contributed by atoms with Crippen LogP contribution in [0.3, 0.4) is 0 Å². The van der Waals surface area contributed by atoms with Gasteiger partial charge in [-0.05, 0) is 47.7 Å². The molecule has 0 radical (unpaired) electrons. The molecule has 6 rings (SSSR count). The Morgan fingerprint density at radius 2 is 1.90 bits per heavy atom. The molecule has 1 aliphatic rings. The van der Waals surface area contributed by atoms with Gasteiger partial charge in [0.15, 0.2) is 11.4 Å². The molecule has 3 heterocycles. The van der Waals surface area contributed by atoms with E-state index < -0.39 is 23.3 Å². The minimum atomic E-state index is -0.627. The number of hydrogen-bond donors (Lipinski definition) is 3. The van der Waals surface area contributed by atoms with Crippen LogP contribution < -0.4 is 22.1 Å². The number of benzene rings is 2. The molecule has 3 aromatic heterocycles. The second-order valence-electron chi connectivity index (χ2n) is 9.12. The Kier molecular flexibility index (Phi) is 5.87. The molecule has 1 aliphatic carbocycles. The molecule has 0 bridgehead atoms. The molecule has 0 aliphatic heterocycles. The summed E-state index contributed by atoms with van der Waals surface area (Å²) >= 11 is 0. The topological polar surface area (TPSA) is 178 Å². The molecule has 0 saturated carbocycles. The highest BCUT2D eigenvalue weighted by Gasteiger charge is 2.26. The molecule has 2 aromatic carbocycles. The Morgan fingerprint density at radius 3 is 2.69 bits per heavy atom. The van der Waals surface area contributed by atoms with Crippen molar-refractivity contribution in [2.45, 2.75) is 25.4 Å². The number of fused-ring (bicyclic) bond motifs is 2. The third kappa shape index (κ3) is 4.61. The Bertz CT molecular complexity index is 1860. The van der Waals surface area contributed by atoms with E-state index >= 15 is 0 Å². The number of oxazole rings is 1. The Balaban J connectivity index is 1.12. The quantitative estimate of drug-likeness (QED) is 0.296. The van der Waals surface area contributed by atoms with Crippen LogP contribution >= 0.6 is 0 Å². The zero-order valence-electron chi connectivity index (χ0n) is 20.6. The van der Waals surface area contributed by atoms with Gasteiger partial charge in [0.25, 0.3) is 11.8 Å². The van der Waals surface area contributed by atoms with Crippen LogP contribution in [-0.4, -0.2) is 36.5 Å². The van der Waals surface area contributed by atoms with E-state index in [0.717, 1.165) is 23.1 Å². The van der Waals surface area contributed by atoms with Gasteiger partial charge in [0, 0.05) is 25.2 Å². The van der Waals surface area contributed by atoms with E-state index in [1.807, 2.05) is 12.1 Å². The van der Waals surface area contributed by atoms with Crippen molar-refractivity contribution in [3.63, 3.8) is 0 Å². The normalized spacial score (nSPS) is 14.3. The van der Waals surface area contributed by atoms with Crippen molar-refractivity contribution in [3.8, 4) is 11.4 Å². The van der Waals surface area contributed by atoms with Crippen molar-refractivity contribution in [1.82, 2.24) is 35.3 Å². The first kappa shape index (κ1) is 24.0. The van der Waals surface area contributed by atoms with Gasteiger partial charge < -0.3 is 15.1 Å². The number of amides is 2. The van der Waals surface area contributed by atoms with Crippen molar-refractivity contribution in [1.29, 1.82) is 0 Å². The van der Waals surface area contributed by atoms with Crippen molar-refractivity contribution in [3.05, 3.63) is 98.0 Å². The fourth-order valence-electron chi connectivity index (χ4n) is 4.66. The summed E-state index contributed by atoms with van der Waals surface area (Å²) in [6.07, 6.45) is 2.59. The molecule has 196 valence electrons. The van der Waals surface area contributed by atoms with E-state index in [9.17, 15) is 19.2 Å². The number of nitrogens with zero attached hydrogens (tertiary/aromatic N) is 4. The van der Waals surface area contributed by atoms with Crippen molar-refractivity contribution < 1.29 is 18.5 Å². The maximum absolute atomic E-state index is 13.0. The molecule has 1 atom stereocenters. The average Bonchev–Trinajstić information content (AvgIpc) is 3.64. The van der Waals surface area contributed by atoms with E-state index in [1.165, 1.54) is 17.0 Å². The highest BCUT2D eigenvalue weighted by molar-refractivity contribution is 5.97. The maximum atomic E-state index is 13.0. The van der Waals surface area contributed by atoms with E-state index in [2.05, 4.69) is 35.3 Å². The van der Waals surface area contributed by atoms with Gasteiger partial charge in [-0.3, -0.25) is 23.7 Å². The van der Waals surface area contributed by atoms with Crippen LogP contribution in [-0.2, 0) is 20.0 Å². The third-order valence-corrected chi connectivity index (χ3v) is 6.68. The van der Waals surface area contributed by atoms with E-state index in [0.29, 0.717) is 28.9 Å². The largest absolute Gasteiger partial charge is 0.439 e. The molecular weight excluding hydrogens is 506 g/mol. The SMILES string of the molecule is Cn1c(=O)oc2ccc(CNC(=O)c3cc(C(=O)N[C@H]4CCc5cc(-c6noc(=O)[nH]6)ccc54)ncn3)cc21. The Labute approximate surface area is 218 Å². The average molecular weight is 527 g/mol. The number of aromatic amines is 1. The van der Waals surface area contributed by atoms with Crippen LogP contribution in [0.4, 0.5) is 0 Å². The highest BCUT2D eigenvalue weighted by Crippen LogP contribution is 2.33. The fraction of sp³-hybridized carbons (Fsp3) is 0.192. The van der Waals surface area contributed by atoms with Gasteiger partial charge in [0.2, 0.25) is 0 Å². The lowest BCUT2D eigenvalue weighted by Crippen LogP contribution is -2.29. The number of nitrogens with one attached hydrogen (secondary N) is 3. The van der Waals surface area contributed by atoms with E-state index in [1.54, 1.807) is 31.3 Å². The molecule has 0 unspecified atom stereocenters. The maximum Gasteiger partial charge on any atom is 0.439 e. The zero-order valence-corrected chi connectivity index (χ0v) is 20.6. The third-order valence-electron chi connectivity index (χ3n) is 6.68. The molecule has 0 saturated heterocycles. The lowest BCUT2D eigenvalue weighted by Gasteiger charge is -2.14. The Morgan fingerprint density at radius 1 is 1.08 bits per heavy atom. The zero-order chi connectivity index (χ0) is 27.1. The minimum Gasteiger partial charge on any atom is -0.408 e. The summed E-state index contributed by atoms with van der Waals surface area (Å²) in [5.74, 6) is -1.65. The van der Waals surface area contributed by atoms with Crippen LogP contribution in [0.5, 0.6) is 0 Å². The fourth-order valence-corrected chi connectivity index (χ4v) is 4.66. The van der Waals surface area contributed by atoms with E-state index in [-0.39, 0.29) is 24.0 Å². The molecule has 3 N–H and O–H groups in total. The predicted molar refractivity (Wildman–Crippen MR) is 136 cm³/mol. The van der Waals surface area contributed by atoms with Crippen LogP contribution in [0.1, 0.15) is 50.1 Å². The summed E-state index contributed by atoms with van der Waals surface area (Å²) in [4.78, 5) is 59.2. The first-order chi connectivity index (χ1) is 18.9. The number of carbonyl (C=O) groups is 2. The standard InChI is InChI=1S/C26H21N7O6/c1-33-20-8-13(2-7-21(20)38-26(33)37)11-27-23(34)18-10-19(29-12-28-18)24(35)30-17-6-4-14-9-15(3-5-16(14)17)22-31-25(36)39-32-22/h2-3,5,7-10,12,17H,4,6,11H2,1H3,(H,27,34)(H,30,35)(H,31,32,36)/t17-/m0/s1. The lowest BCUT2D eigenvalue weighted by molar-refractivity contribution is 0.0931. The minimum absolute atomic E-state index is 0.0463. The van der Waals surface area contributed by atoms with Gasteiger partial charge in [-0.25, -0.2) is 19.6 Å². The summed E-state index contributed by atoms with van der Waals surface area (Å²) in [6, 6.07) is 11.9. The summed E-state index contributed by atoms with van der Waals surface area (Å²) in [6.45, 7) is 0.183. The first-order valence-corrected chi connectivity index (χ1v) is 12.0. The van der Waals surface area contributed by atoms with Crippen molar-refractivity contribution in [2.24, 2.45) is 7.05 Å². The molecule has 13 heteroatoms. The summed E-state index contributed by atoms with van der Waals surface area (Å²) in [7, 11) is 1.60. The van der Waals surface area contributed by atoms with Gasteiger partial charge in [-0.15, -0.1) is 0 Å². The molecule has 13 nitrogen and oxygen atoms in total. The molecule has 2 amide bonds. The smallest absolute Gasteiger partial charge is 0.408 e. The summed E-state index contributed by atoms with van der Waals surface area (Å²) < 4.78 is 11.1. The number of rotatable bonds is 6. The summed E-state index contributed by atoms with van der Waals surface area (Å²) in [5.41, 5.74) is 4.64. The first-order valence-electron chi connectivity index (χ1n) is 12.0. The molecule has 0 fully saturated rings. The van der Waals surface area contributed by atoms with Gasteiger partial charge >= 0.3 is 11.5 Å². The Hall–Kier alpha value is -5.33. The van der Waals surface area contributed by atoms with Gasteiger partial charge in [0.1, 0.15) is 17.7 Å².